The molecule has 34 heavy (non-hydrogen) atoms. The van der Waals surface area contributed by atoms with Gasteiger partial charge in [-0.25, -0.2) is 0 Å². The highest BCUT2D eigenvalue weighted by atomic mass is 16.5. The average Bonchev–Trinajstić information content (AvgIpc) is 2.87. The highest BCUT2D eigenvalue weighted by Gasteiger charge is 2.16. The van der Waals surface area contributed by atoms with Crippen molar-refractivity contribution >= 4 is 11.8 Å². The lowest BCUT2D eigenvalue weighted by Gasteiger charge is -2.18. The van der Waals surface area contributed by atoms with Crippen molar-refractivity contribution in [2.45, 2.75) is 31.8 Å². The third-order valence-electron chi connectivity index (χ3n) is 5.37. The molecule has 0 radical (unpaired) electrons. The standard InChI is InChI=1S/C29H32O5/c30-27(23-33-19-10-18-32-22-24-11-4-1-5-12-24)21-29(31)34-20-17-28(25-13-6-2-7-14-25)26-15-8-3-9-16-26/h1-9,11-16,28H,10,17-23H2. The molecule has 0 fully saturated rings. The number of hydrogen-bond donors (Lipinski definition) is 0. The highest BCUT2D eigenvalue weighted by molar-refractivity contribution is 5.96. The second-order valence-electron chi connectivity index (χ2n) is 8.04. The van der Waals surface area contributed by atoms with Crippen LogP contribution in [0.2, 0.25) is 0 Å². The van der Waals surface area contributed by atoms with E-state index in [1.54, 1.807) is 0 Å². The van der Waals surface area contributed by atoms with E-state index in [1.807, 2.05) is 66.7 Å². The third-order valence-corrected chi connectivity index (χ3v) is 5.37. The molecule has 0 aliphatic rings. The third kappa shape index (κ3) is 9.30. The van der Waals surface area contributed by atoms with Crippen molar-refractivity contribution in [3.8, 4) is 0 Å². The van der Waals surface area contributed by atoms with Crippen LogP contribution < -0.4 is 0 Å². The van der Waals surface area contributed by atoms with Crippen LogP contribution in [-0.2, 0) is 30.4 Å². The van der Waals surface area contributed by atoms with E-state index in [1.165, 1.54) is 11.1 Å². The number of rotatable bonds is 15. The van der Waals surface area contributed by atoms with E-state index in [9.17, 15) is 9.59 Å². The van der Waals surface area contributed by atoms with Gasteiger partial charge in [0.15, 0.2) is 5.78 Å². The number of Topliss-reactive ketones (excluding diaryl/α,β-unsaturated/α-hetero) is 1. The zero-order valence-electron chi connectivity index (χ0n) is 19.4. The van der Waals surface area contributed by atoms with Gasteiger partial charge in [0.25, 0.3) is 0 Å². The van der Waals surface area contributed by atoms with Crippen LogP contribution in [0.5, 0.6) is 0 Å². The molecule has 3 aromatic carbocycles. The minimum absolute atomic E-state index is 0.0928. The fourth-order valence-electron chi connectivity index (χ4n) is 3.66. The number of carbonyl (C=O) groups is 2. The molecule has 0 spiro atoms. The Balaban J connectivity index is 1.29. The van der Waals surface area contributed by atoms with Gasteiger partial charge in [-0.05, 0) is 29.5 Å². The first-order valence-electron chi connectivity index (χ1n) is 11.7. The number of carbonyl (C=O) groups excluding carboxylic acids is 2. The predicted molar refractivity (Wildman–Crippen MR) is 131 cm³/mol. The van der Waals surface area contributed by atoms with E-state index in [0.29, 0.717) is 32.7 Å². The summed E-state index contributed by atoms with van der Waals surface area (Å²) in [4.78, 5) is 24.1. The highest BCUT2D eigenvalue weighted by Crippen LogP contribution is 2.27. The first kappa shape index (κ1) is 25.3. The Kier molecular flexibility index (Phi) is 11.0. The lowest BCUT2D eigenvalue weighted by Crippen LogP contribution is -2.17. The molecule has 0 bridgehead atoms. The van der Waals surface area contributed by atoms with Gasteiger partial charge in [-0.15, -0.1) is 0 Å². The van der Waals surface area contributed by atoms with Gasteiger partial charge in [-0.3, -0.25) is 9.59 Å². The maximum absolute atomic E-state index is 12.1. The normalized spacial score (nSPS) is 10.9. The summed E-state index contributed by atoms with van der Waals surface area (Å²) < 4.78 is 16.3. The second-order valence-corrected chi connectivity index (χ2v) is 8.04. The fraction of sp³-hybridized carbons (Fsp3) is 0.310. The molecule has 0 N–H and O–H groups in total. The Labute approximate surface area is 201 Å². The lowest BCUT2D eigenvalue weighted by molar-refractivity contribution is -0.147. The summed E-state index contributed by atoms with van der Waals surface area (Å²) >= 11 is 0. The summed E-state index contributed by atoms with van der Waals surface area (Å²) in [5.41, 5.74) is 3.46. The van der Waals surface area contributed by atoms with Gasteiger partial charge < -0.3 is 14.2 Å². The van der Waals surface area contributed by atoms with Crippen molar-refractivity contribution in [2.75, 3.05) is 26.4 Å². The van der Waals surface area contributed by atoms with Crippen LogP contribution >= 0.6 is 0 Å². The van der Waals surface area contributed by atoms with Gasteiger partial charge in [0, 0.05) is 19.1 Å². The smallest absolute Gasteiger partial charge is 0.313 e. The molecule has 0 aliphatic heterocycles. The fourth-order valence-corrected chi connectivity index (χ4v) is 3.66. The molecule has 0 aliphatic carbocycles. The second kappa shape index (κ2) is 14.8. The minimum Gasteiger partial charge on any atom is -0.465 e. The van der Waals surface area contributed by atoms with Crippen LogP contribution in [0.1, 0.15) is 41.9 Å². The maximum atomic E-state index is 12.1. The van der Waals surface area contributed by atoms with Gasteiger partial charge in [0.1, 0.15) is 13.0 Å². The zero-order valence-corrected chi connectivity index (χ0v) is 19.4. The molecule has 0 heterocycles. The molecular formula is C29H32O5. The maximum Gasteiger partial charge on any atom is 0.313 e. The summed E-state index contributed by atoms with van der Waals surface area (Å²) in [7, 11) is 0. The summed E-state index contributed by atoms with van der Waals surface area (Å²) in [5, 5.41) is 0. The van der Waals surface area contributed by atoms with Crippen LogP contribution in [0.25, 0.3) is 0 Å². The number of benzene rings is 3. The van der Waals surface area contributed by atoms with Gasteiger partial charge in [0.2, 0.25) is 0 Å². The topological polar surface area (TPSA) is 61.8 Å². The molecule has 0 aromatic heterocycles. The monoisotopic (exact) mass is 460 g/mol. The predicted octanol–water partition coefficient (Wildman–Crippen LogP) is 5.33. The molecule has 0 atom stereocenters. The van der Waals surface area contributed by atoms with E-state index in [2.05, 4.69) is 24.3 Å². The quantitative estimate of drug-likeness (QED) is 0.174. The molecular weight excluding hydrogens is 428 g/mol. The van der Waals surface area contributed by atoms with Gasteiger partial charge in [0.05, 0.1) is 13.2 Å². The Hall–Kier alpha value is -3.28. The van der Waals surface area contributed by atoms with E-state index in [4.69, 9.17) is 14.2 Å². The Morgan fingerprint density at radius 3 is 1.85 bits per heavy atom. The van der Waals surface area contributed by atoms with Crippen molar-refractivity contribution in [1.29, 1.82) is 0 Å². The van der Waals surface area contributed by atoms with Crippen LogP contribution in [0.15, 0.2) is 91.0 Å². The Bertz CT molecular complexity index is 934. The van der Waals surface area contributed by atoms with E-state index in [-0.39, 0.29) is 31.3 Å². The summed E-state index contributed by atoms with van der Waals surface area (Å²) in [6.45, 7) is 1.67. The Morgan fingerprint density at radius 2 is 1.24 bits per heavy atom. The first-order chi connectivity index (χ1) is 16.7. The van der Waals surface area contributed by atoms with E-state index >= 15 is 0 Å². The summed E-state index contributed by atoms with van der Waals surface area (Å²) in [6, 6.07) is 30.2. The van der Waals surface area contributed by atoms with E-state index < -0.39 is 5.97 Å². The molecule has 178 valence electrons. The van der Waals surface area contributed by atoms with Gasteiger partial charge in [-0.1, -0.05) is 91.0 Å². The lowest BCUT2D eigenvalue weighted by atomic mass is 9.89. The van der Waals surface area contributed by atoms with Gasteiger partial charge in [-0.2, -0.15) is 0 Å². The minimum atomic E-state index is -0.514. The number of esters is 1. The molecule has 0 saturated carbocycles. The Morgan fingerprint density at radius 1 is 0.676 bits per heavy atom. The van der Waals surface area contributed by atoms with Crippen LogP contribution in [0, 0.1) is 0 Å². The van der Waals surface area contributed by atoms with Crippen LogP contribution in [0.3, 0.4) is 0 Å². The van der Waals surface area contributed by atoms with Crippen molar-refractivity contribution in [2.24, 2.45) is 0 Å². The molecule has 0 amide bonds. The van der Waals surface area contributed by atoms with Crippen molar-refractivity contribution in [3.05, 3.63) is 108 Å². The first-order valence-corrected chi connectivity index (χ1v) is 11.7. The molecule has 0 unspecified atom stereocenters. The molecule has 3 rings (SSSR count). The van der Waals surface area contributed by atoms with Crippen LogP contribution in [-0.4, -0.2) is 38.2 Å². The number of ether oxygens (including phenoxy) is 3. The largest absolute Gasteiger partial charge is 0.465 e. The summed E-state index contributed by atoms with van der Waals surface area (Å²) in [5.74, 6) is -0.670. The molecule has 3 aromatic rings. The zero-order chi connectivity index (χ0) is 23.8. The van der Waals surface area contributed by atoms with Crippen molar-refractivity contribution in [1.82, 2.24) is 0 Å². The SMILES string of the molecule is O=C(COCCCOCc1ccccc1)CC(=O)OCCC(c1ccccc1)c1ccccc1. The number of hydrogen-bond acceptors (Lipinski definition) is 5. The van der Waals surface area contributed by atoms with Crippen molar-refractivity contribution < 1.29 is 23.8 Å². The number of ketones is 1. The van der Waals surface area contributed by atoms with Crippen molar-refractivity contribution in [3.63, 3.8) is 0 Å². The average molecular weight is 461 g/mol. The molecule has 5 nitrogen and oxygen atoms in total. The van der Waals surface area contributed by atoms with Crippen LogP contribution in [0.4, 0.5) is 0 Å². The van der Waals surface area contributed by atoms with E-state index in [0.717, 1.165) is 5.56 Å². The van der Waals surface area contributed by atoms with Gasteiger partial charge >= 0.3 is 5.97 Å². The summed E-state index contributed by atoms with van der Waals surface area (Å²) in [6.07, 6.45) is 1.06. The molecule has 0 saturated heterocycles. The molecule has 5 heteroatoms.